The molecule has 5 heteroatoms. The van der Waals surface area contributed by atoms with Crippen LogP contribution in [0.1, 0.15) is 57.8 Å². The summed E-state index contributed by atoms with van der Waals surface area (Å²) < 4.78 is 13.3. The highest BCUT2D eigenvalue weighted by Crippen LogP contribution is 2.38. The summed E-state index contributed by atoms with van der Waals surface area (Å²) in [6, 6.07) is 7.70. The lowest BCUT2D eigenvalue weighted by atomic mass is 10.0. The monoisotopic (exact) mass is 384 g/mol. The van der Waals surface area contributed by atoms with Gasteiger partial charge in [0.1, 0.15) is 5.82 Å². The summed E-state index contributed by atoms with van der Waals surface area (Å²) in [7, 11) is -2.53. The lowest BCUT2D eigenvalue weighted by Crippen LogP contribution is -3.00. The second kappa shape index (κ2) is 10.1. The van der Waals surface area contributed by atoms with Crippen molar-refractivity contribution in [1.29, 1.82) is 0 Å². The molecule has 1 aromatic carbocycles. The average molecular weight is 385 g/mol. The van der Waals surface area contributed by atoms with Crippen molar-refractivity contribution in [3.05, 3.63) is 30.1 Å². The summed E-state index contributed by atoms with van der Waals surface area (Å²) in [6.07, 6.45) is 11.2. The molecule has 1 N–H and O–H groups in total. The molecule has 0 aromatic heterocycles. The van der Waals surface area contributed by atoms with Crippen LogP contribution < -0.4 is 17.6 Å². The van der Waals surface area contributed by atoms with Crippen molar-refractivity contribution in [3.8, 4) is 0 Å². The summed E-state index contributed by atoms with van der Waals surface area (Å²) in [5, 5.41) is 1.05. The minimum absolute atomic E-state index is 0. The number of rotatable bonds is 6. The zero-order valence-electron chi connectivity index (χ0n) is 15.2. The predicted octanol–water partition coefficient (Wildman–Crippen LogP) is 1.18. The average Bonchev–Trinajstić information content (AvgIpc) is 2.64. The van der Waals surface area contributed by atoms with Gasteiger partial charge in [0.2, 0.25) is 8.32 Å². The Labute approximate surface area is 159 Å². The number of nitrogens with zero attached hydrogens (tertiary/aromatic N) is 1. The van der Waals surface area contributed by atoms with Crippen molar-refractivity contribution < 1.29 is 21.6 Å². The molecule has 1 aliphatic heterocycles. The highest BCUT2D eigenvalue weighted by Gasteiger charge is 2.41. The van der Waals surface area contributed by atoms with Crippen molar-refractivity contribution >= 4 is 13.5 Å². The molecule has 2 aliphatic rings. The maximum absolute atomic E-state index is 13.3. The van der Waals surface area contributed by atoms with Crippen molar-refractivity contribution in [2.24, 2.45) is 0 Å². The third-order valence-electron chi connectivity index (χ3n) is 6.11. The quantitative estimate of drug-likeness (QED) is 0.744. The Bertz CT molecular complexity index is 503. The van der Waals surface area contributed by atoms with Gasteiger partial charge >= 0.3 is 0 Å². The molecule has 2 fully saturated rings. The molecule has 1 atom stereocenters. The first-order chi connectivity index (χ1) is 11.7. The van der Waals surface area contributed by atoms with E-state index in [1.165, 1.54) is 63.7 Å². The van der Waals surface area contributed by atoms with E-state index in [4.69, 9.17) is 0 Å². The van der Waals surface area contributed by atoms with Crippen molar-refractivity contribution in [1.82, 2.24) is 4.90 Å². The Hall–Kier alpha value is -0.423. The van der Waals surface area contributed by atoms with Crippen LogP contribution in [-0.4, -0.2) is 37.6 Å². The van der Waals surface area contributed by atoms with Gasteiger partial charge in [-0.2, -0.15) is 0 Å². The molecule has 1 unspecified atom stereocenters. The van der Waals surface area contributed by atoms with Crippen LogP contribution >= 0.6 is 0 Å². The fourth-order valence-corrected chi connectivity index (χ4v) is 8.63. The van der Waals surface area contributed by atoms with Gasteiger partial charge in [-0.3, -0.25) is 0 Å². The van der Waals surface area contributed by atoms with Gasteiger partial charge in [-0.1, -0.05) is 50.7 Å². The third-order valence-corrected chi connectivity index (χ3v) is 10.5. The molecule has 25 heavy (non-hydrogen) atoms. The molecule has 1 aliphatic carbocycles. The third kappa shape index (κ3) is 5.52. The fourth-order valence-electron chi connectivity index (χ4n) is 4.66. The molecular weight excluding hydrogens is 353 g/mol. The first-order valence-electron chi connectivity index (χ1n) is 9.89. The zero-order valence-corrected chi connectivity index (χ0v) is 17.0. The Morgan fingerprint density at radius 1 is 0.960 bits per heavy atom. The molecule has 1 aromatic rings. The maximum atomic E-state index is 13.3. The van der Waals surface area contributed by atoms with Crippen LogP contribution in [0, 0.1) is 5.82 Å². The van der Waals surface area contributed by atoms with Gasteiger partial charge in [0.05, 0.1) is 0 Å². The van der Waals surface area contributed by atoms with Gasteiger partial charge in [0, 0.05) is 0 Å². The van der Waals surface area contributed by atoms with E-state index in [2.05, 4.69) is 4.90 Å². The standard InChI is InChI=1S/C20H32FNOSi.ClH/c21-18-10-12-20(13-11-18)24(23,19-8-3-1-4-9-19)17-7-16-22-14-5-2-6-15-22;/h10-13,19,23H,1-9,14-17H2;1H/p-1. The van der Waals surface area contributed by atoms with Gasteiger partial charge < -0.3 is 22.1 Å². The highest BCUT2D eigenvalue weighted by atomic mass is 35.5. The van der Waals surface area contributed by atoms with Gasteiger partial charge in [-0.05, 0) is 67.8 Å². The van der Waals surface area contributed by atoms with E-state index in [1.54, 1.807) is 0 Å². The highest BCUT2D eigenvalue weighted by molar-refractivity contribution is 6.86. The smallest absolute Gasteiger partial charge is 0.223 e. The zero-order chi connectivity index (χ0) is 16.8. The van der Waals surface area contributed by atoms with Gasteiger partial charge in [0.15, 0.2) is 0 Å². The lowest BCUT2D eigenvalue weighted by molar-refractivity contribution is -0.00000676. The molecule has 3 rings (SSSR count). The molecule has 0 amide bonds. The Balaban J connectivity index is 0.00000225. The van der Waals surface area contributed by atoms with E-state index in [1.807, 2.05) is 12.1 Å². The second-order valence-electron chi connectivity index (χ2n) is 7.77. The first kappa shape index (κ1) is 20.9. The van der Waals surface area contributed by atoms with Crippen LogP contribution in [0.15, 0.2) is 24.3 Å². The summed E-state index contributed by atoms with van der Waals surface area (Å²) in [4.78, 5) is 14.3. The van der Waals surface area contributed by atoms with E-state index in [-0.39, 0.29) is 18.2 Å². The molecule has 142 valence electrons. The van der Waals surface area contributed by atoms with Crippen LogP contribution in [0.2, 0.25) is 11.6 Å². The van der Waals surface area contributed by atoms with Crippen LogP contribution in [0.3, 0.4) is 0 Å². The van der Waals surface area contributed by atoms with Gasteiger partial charge in [-0.25, -0.2) is 4.39 Å². The molecule has 1 saturated heterocycles. The molecule has 0 radical (unpaired) electrons. The topological polar surface area (TPSA) is 23.5 Å². The fraction of sp³-hybridized carbons (Fsp3) is 0.700. The minimum atomic E-state index is -2.53. The molecule has 0 spiro atoms. The number of piperidine rings is 1. The van der Waals surface area contributed by atoms with Gasteiger partial charge in [-0.15, -0.1) is 0 Å². The predicted molar refractivity (Wildman–Crippen MR) is 101 cm³/mol. The minimum Gasteiger partial charge on any atom is -1.00 e. The van der Waals surface area contributed by atoms with Crippen molar-refractivity contribution in [3.63, 3.8) is 0 Å². The summed E-state index contributed by atoms with van der Waals surface area (Å²) in [6.45, 7) is 3.56. The van der Waals surface area contributed by atoms with E-state index in [9.17, 15) is 9.19 Å². The van der Waals surface area contributed by atoms with E-state index < -0.39 is 8.32 Å². The number of halogens is 2. The normalized spacial score (nSPS) is 22.2. The summed E-state index contributed by atoms with van der Waals surface area (Å²) in [5.41, 5.74) is 0.457. The van der Waals surface area contributed by atoms with Crippen LogP contribution in [0.5, 0.6) is 0 Å². The van der Waals surface area contributed by atoms with Crippen molar-refractivity contribution in [2.45, 2.75) is 69.4 Å². The summed E-state index contributed by atoms with van der Waals surface area (Å²) >= 11 is 0. The van der Waals surface area contributed by atoms with E-state index in [0.29, 0.717) is 5.54 Å². The largest absolute Gasteiger partial charge is 1.00 e. The molecule has 0 bridgehead atoms. The molecule has 1 heterocycles. The van der Waals surface area contributed by atoms with Gasteiger partial charge in [0.25, 0.3) is 0 Å². The van der Waals surface area contributed by atoms with Crippen LogP contribution in [-0.2, 0) is 0 Å². The second-order valence-corrected chi connectivity index (χ2v) is 11.5. The molecular formula is C20H32ClFNOSi-. The molecule has 1 saturated carbocycles. The number of hydrogen-bond donors (Lipinski definition) is 1. The van der Waals surface area contributed by atoms with Crippen LogP contribution in [0.25, 0.3) is 0 Å². The first-order valence-corrected chi connectivity index (χ1v) is 12.1. The Kier molecular flexibility index (Phi) is 8.40. The van der Waals surface area contributed by atoms with Crippen molar-refractivity contribution in [2.75, 3.05) is 19.6 Å². The number of likely N-dealkylation sites (tertiary alicyclic amines) is 1. The number of hydrogen-bond acceptors (Lipinski definition) is 2. The Morgan fingerprint density at radius 3 is 2.20 bits per heavy atom. The van der Waals surface area contributed by atoms with Crippen LogP contribution in [0.4, 0.5) is 4.39 Å². The summed E-state index contributed by atoms with van der Waals surface area (Å²) in [5.74, 6) is -0.202. The van der Waals surface area contributed by atoms with E-state index in [0.717, 1.165) is 37.0 Å². The molecule has 2 nitrogen and oxygen atoms in total. The number of benzene rings is 1. The Morgan fingerprint density at radius 2 is 1.56 bits per heavy atom. The SMILES string of the molecule is O[Si](CCCN1CCCCC1)(c1ccc(F)cc1)C1CCCCC1.[Cl-]. The maximum Gasteiger partial charge on any atom is 0.223 e. The lowest BCUT2D eigenvalue weighted by Gasteiger charge is -2.37. The van der Waals surface area contributed by atoms with E-state index >= 15 is 0 Å².